The molecule has 0 N–H and O–H groups in total. The molecule has 2 aliphatic heterocycles. The number of rotatable bonds is 7. The molecule has 2 unspecified atom stereocenters. The van der Waals surface area contributed by atoms with Gasteiger partial charge in [0.15, 0.2) is 11.5 Å². The van der Waals surface area contributed by atoms with Crippen LogP contribution >= 0.6 is 0 Å². The van der Waals surface area contributed by atoms with E-state index < -0.39 is 0 Å². The molecule has 186 valence electrons. The van der Waals surface area contributed by atoms with E-state index in [0.29, 0.717) is 29.6 Å². The van der Waals surface area contributed by atoms with Crippen molar-refractivity contribution in [2.45, 2.75) is 59.4 Å². The highest BCUT2D eigenvalue weighted by Crippen LogP contribution is 2.31. The van der Waals surface area contributed by atoms with Crippen LogP contribution in [0.2, 0.25) is 0 Å². The summed E-state index contributed by atoms with van der Waals surface area (Å²) in [5.41, 5.74) is 2.35. The molecule has 2 saturated heterocycles. The average Bonchev–Trinajstić information content (AvgIpc) is 3.14. The third-order valence-electron chi connectivity index (χ3n) is 6.88. The van der Waals surface area contributed by atoms with E-state index in [1.807, 2.05) is 24.8 Å². The summed E-state index contributed by atoms with van der Waals surface area (Å²) in [5.74, 6) is 2.54. The van der Waals surface area contributed by atoms with Crippen molar-refractivity contribution in [2.75, 3.05) is 39.8 Å². The second kappa shape index (κ2) is 10.8. The summed E-state index contributed by atoms with van der Waals surface area (Å²) >= 11 is 0. The van der Waals surface area contributed by atoms with Gasteiger partial charge in [-0.05, 0) is 64.7 Å². The Labute approximate surface area is 202 Å². The van der Waals surface area contributed by atoms with E-state index in [-0.39, 0.29) is 18.1 Å². The lowest BCUT2D eigenvalue weighted by Gasteiger charge is -2.39. The number of piperidine rings is 1. The lowest BCUT2D eigenvalue weighted by Crippen LogP contribution is -2.48. The number of benzene rings is 1. The first kappa shape index (κ1) is 24.5. The van der Waals surface area contributed by atoms with Gasteiger partial charge in [0.05, 0.1) is 30.6 Å². The zero-order valence-corrected chi connectivity index (χ0v) is 21.0. The number of nitrogens with zero attached hydrogens (tertiary/aromatic N) is 3. The first-order valence-corrected chi connectivity index (χ1v) is 12.2. The number of methoxy groups -OCH3 is 1. The van der Waals surface area contributed by atoms with Gasteiger partial charge in [0.25, 0.3) is 5.91 Å². The van der Waals surface area contributed by atoms with Crippen LogP contribution in [0.3, 0.4) is 0 Å². The van der Waals surface area contributed by atoms with E-state index in [4.69, 9.17) is 18.7 Å². The molecule has 8 heteroatoms. The van der Waals surface area contributed by atoms with Gasteiger partial charge >= 0.3 is 0 Å². The van der Waals surface area contributed by atoms with Gasteiger partial charge in [-0.1, -0.05) is 5.16 Å². The summed E-state index contributed by atoms with van der Waals surface area (Å²) in [5, 5.41) is 3.96. The molecular weight excluding hydrogens is 434 g/mol. The van der Waals surface area contributed by atoms with Gasteiger partial charge in [0.2, 0.25) is 0 Å². The minimum absolute atomic E-state index is 0.0441. The lowest BCUT2D eigenvalue weighted by atomic mass is 9.95. The minimum atomic E-state index is 0.0441. The van der Waals surface area contributed by atoms with Gasteiger partial charge in [-0.3, -0.25) is 9.69 Å². The second-order valence-electron chi connectivity index (χ2n) is 9.67. The second-order valence-corrected chi connectivity index (χ2v) is 9.67. The Morgan fingerprint density at radius 1 is 1.12 bits per heavy atom. The maximum absolute atomic E-state index is 13.2. The standard InChI is InChI=1S/C26H37N3O5/c1-17-13-28(14-18(2)33-17)15-21-8-10-29(11-9-21)26(30)22-6-7-24(25(12-22)31-5)32-16-23-19(3)27-34-20(23)4/h6-7,12,17-18,21H,8-11,13-16H2,1-5H3. The Kier molecular flexibility index (Phi) is 7.78. The molecule has 34 heavy (non-hydrogen) atoms. The smallest absolute Gasteiger partial charge is 0.253 e. The molecule has 1 aromatic heterocycles. The van der Waals surface area contributed by atoms with Crippen LogP contribution in [0.4, 0.5) is 0 Å². The fraction of sp³-hybridized carbons (Fsp3) is 0.615. The molecule has 0 spiro atoms. The third kappa shape index (κ3) is 5.73. The predicted molar refractivity (Wildman–Crippen MR) is 128 cm³/mol. The summed E-state index contributed by atoms with van der Waals surface area (Å²) < 4.78 is 22.5. The fourth-order valence-corrected chi connectivity index (χ4v) is 5.08. The van der Waals surface area contributed by atoms with Gasteiger partial charge in [-0.15, -0.1) is 0 Å². The Morgan fingerprint density at radius 3 is 2.44 bits per heavy atom. The maximum atomic E-state index is 13.2. The molecule has 0 saturated carbocycles. The summed E-state index contributed by atoms with van der Waals surface area (Å²) in [6.45, 7) is 13.0. The zero-order valence-electron chi connectivity index (χ0n) is 21.0. The SMILES string of the molecule is COc1cc(C(=O)N2CCC(CN3CC(C)OC(C)C3)CC2)ccc1OCc1c(C)noc1C. The summed E-state index contributed by atoms with van der Waals surface area (Å²) in [7, 11) is 1.59. The Balaban J connectivity index is 1.32. The fourth-order valence-electron chi connectivity index (χ4n) is 5.08. The normalized spacial score (nSPS) is 22.1. The molecule has 2 fully saturated rings. The van der Waals surface area contributed by atoms with Crippen LogP contribution in [0.5, 0.6) is 11.5 Å². The lowest BCUT2D eigenvalue weighted by molar-refractivity contribution is -0.0728. The number of aromatic nitrogens is 1. The van der Waals surface area contributed by atoms with E-state index in [0.717, 1.165) is 62.6 Å². The minimum Gasteiger partial charge on any atom is -0.493 e. The van der Waals surface area contributed by atoms with Crippen LogP contribution < -0.4 is 9.47 Å². The van der Waals surface area contributed by atoms with E-state index in [9.17, 15) is 4.79 Å². The monoisotopic (exact) mass is 471 g/mol. The van der Waals surface area contributed by atoms with E-state index >= 15 is 0 Å². The summed E-state index contributed by atoms with van der Waals surface area (Å²) in [6.07, 6.45) is 2.64. The molecule has 0 radical (unpaired) electrons. The highest BCUT2D eigenvalue weighted by atomic mass is 16.5. The Hall–Kier alpha value is -2.58. The van der Waals surface area contributed by atoms with Crippen LogP contribution in [0.25, 0.3) is 0 Å². The van der Waals surface area contributed by atoms with E-state index in [1.165, 1.54) is 0 Å². The molecule has 1 amide bonds. The number of carbonyl (C=O) groups is 1. The quantitative estimate of drug-likeness (QED) is 0.607. The van der Waals surface area contributed by atoms with Crippen LogP contribution in [-0.2, 0) is 11.3 Å². The molecule has 0 aliphatic carbocycles. The number of aryl methyl sites for hydroxylation is 2. The molecule has 2 aliphatic rings. The number of hydrogen-bond acceptors (Lipinski definition) is 7. The van der Waals surface area contributed by atoms with E-state index in [1.54, 1.807) is 19.2 Å². The molecule has 3 heterocycles. The molecule has 2 aromatic rings. The Bertz CT molecular complexity index is 953. The van der Waals surface area contributed by atoms with Crippen molar-refractivity contribution in [1.82, 2.24) is 15.0 Å². The highest BCUT2D eigenvalue weighted by Gasteiger charge is 2.28. The van der Waals surface area contributed by atoms with Crippen molar-refractivity contribution in [3.8, 4) is 11.5 Å². The third-order valence-corrected chi connectivity index (χ3v) is 6.88. The van der Waals surface area contributed by atoms with Crippen molar-refractivity contribution in [3.63, 3.8) is 0 Å². The number of hydrogen-bond donors (Lipinski definition) is 0. The first-order chi connectivity index (χ1) is 16.3. The Morgan fingerprint density at radius 2 is 1.82 bits per heavy atom. The number of amides is 1. The number of carbonyl (C=O) groups excluding carboxylic acids is 1. The topological polar surface area (TPSA) is 77.3 Å². The molecule has 4 rings (SSSR count). The molecule has 8 nitrogen and oxygen atoms in total. The van der Waals surface area contributed by atoms with Crippen molar-refractivity contribution < 1.29 is 23.5 Å². The van der Waals surface area contributed by atoms with E-state index in [2.05, 4.69) is 23.9 Å². The van der Waals surface area contributed by atoms with Gasteiger partial charge in [0.1, 0.15) is 12.4 Å². The van der Waals surface area contributed by atoms with Crippen LogP contribution in [0, 0.1) is 19.8 Å². The predicted octanol–water partition coefficient (Wildman–Crippen LogP) is 3.84. The molecule has 2 atom stereocenters. The van der Waals surface area contributed by atoms with Crippen LogP contribution in [0.15, 0.2) is 22.7 Å². The van der Waals surface area contributed by atoms with Crippen molar-refractivity contribution in [1.29, 1.82) is 0 Å². The van der Waals surface area contributed by atoms with Crippen molar-refractivity contribution in [2.24, 2.45) is 5.92 Å². The summed E-state index contributed by atoms with van der Waals surface area (Å²) in [6, 6.07) is 5.39. The van der Waals surface area contributed by atoms with Crippen molar-refractivity contribution >= 4 is 5.91 Å². The molecule has 0 bridgehead atoms. The summed E-state index contributed by atoms with van der Waals surface area (Å²) in [4.78, 5) is 17.7. The number of ether oxygens (including phenoxy) is 3. The van der Waals surface area contributed by atoms with Gasteiger partial charge in [-0.25, -0.2) is 0 Å². The first-order valence-electron chi connectivity index (χ1n) is 12.2. The average molecular weight is 472 g/mol. The van der Waals surface area contributed by atoms with Crippen molar-refractivity contribution in [3.05, 3.63) is 40.8 Å². The number of likely N-dealkylation sites (tertiary alicyclic amines) is 1. The van der Waals surface area contributed by atoms with Gasteiger partial charge < -0.3 is 23.6 Å². The van der Waals surface area contributed by atoms with Crippen LogP contribution in [0.1, 0.15) is 54.1 Å². The highest BCUT2D eigenvalue weighted by molar-refractivity contribution is 5.95. The number of morpholine rings is 1. The largest absolute Gasteiger partial charge is 0.493 e. The van der Waals surface area contributed by atoms with Crippen LogP contribution in [-0.4, -0.2) is 72.9 Å². The van der Waals surface area contributed by atoms with Gasteiger partial charge in [-0.2, -0.15) is 0 Å². The zero-order chi connectivity index (χ0) is 24.2. The molecule has 1 aromatic carbocycles. The maximum Gasteiger partial charge on any atom is 0.253 e. The van der Waals surface area contributed by atoms with Gasteiger partial charge in [0, 0.05) is 38.3 Å². The molecular formula is C26H37N3O5.